The lowest BCUT2D eigenvalue weighted by atomic mass is 10.1. The fourth-order valence-electron chi connectivity index (χ4n) is 7.20. The summed E-state index contributed by atoms with van der Waals surface area (Å²) in [6, 6.07) is 46.0. The normalized spacial score (nSPS) is 14.2. The van der Waals surface area contributed by atoms with Crippen molar-refractivity contribution in [3.8, 4) is 34.5 Å². The SMILES string of the molecule is COCCc1ccc(OP2(Oc3ccc(CCOC)cc3)=NP(Oc3ccc(CCOC)cc3)(Oc3ccc(CCOC)cc3)=NP(Oc3ccc(CCOC)cc3)(Oc3ccc(CCOC)cc3)=N2)cc1. The van der Waals surface area contributed by atoms with E-state index in [1.165, 1.54) is 0 Å². The van der Waals surface area contributed by atoms with Crippen LogP contribution in [0.15, 0.2) is 159 Å². The number of benzene rings is 6. The summed E-state index contributed by atoms with van der Waals surface area (Å²) in [5.41, 5.74) is 6.27. The van der Waals surface area contributed by atoms with Crippen LogP contribution in [0, 0.1) is 0 Å². The van der Waals surface area contributed by atoms with Gasteiger partial charge in [-0.25, -0.2) is 0 Å². The van der Waals surface area contributed by atoms with E-state index in [1.807, 2.05) is 146 Å². The largest absolute Gasteiger partial charge is 0.460 e. The van der Waals surface area contributed by atoms with Crippen molar-refractivity contribution in [3.63, 3.8) is 0 Å². The van der Waals surface area contributed by atoms with Gasteiger partial charge in [-0.2, -0.15) is 0 Å². The number of methoxy groups -OCH3 is 6. The average molecular weight is 1040 g/mol. The van der Waals surface area contributed by atoms with Crippen molar-refractivity contribution in [1.82, 2.24) is 0 Å². The van der Waals surface area contributed by atoms with E-state index >= 15 is 0 Å². The summed E-state index contributed by atoms with van der Waals surface area (Å²) >= 11 is 0. The Balaban J connectivity index is 1.51. The van der Waals surface area contributed by atoms with Crippen molar-refractivity contribution in [3.05, 3.63) is 179 Å². The lowest BCUT2D eigenvalue weighted by molar-refractivity contribution is 0.202. The molecule has 0 aliphatic carbocycles. The van der Waals surface area contributed by atoms with Crippen molar-refractivity contribution in [2.45, 2.75) is 38.5 Å². The second kappa shape index (κ2) is 27.6. The first-order valence-corrected chi connectivity index (χ1v) is 28.3. The minimum atomic E-state index is -4.16. The van der Waals surface area contributed by atoms with Gasteiger partial charge in [0.05, 0.1) is 39.6 Å². The molecular formula is C54H66N3O12P3. The maximum absolute atomic E-state index is 7.14. The molecule has 0 bridgehead atoms. The molecule has 0 N–H and O–H groups in total. The summed E-state index contributed by atoms with van der Waals surface area (Å²) in [5.74, 6) is 2.51. The van der Waals surface area contributed by atoms with Crippen LogP contribution in [0.2, 0.25) is 0 Å². The number of hydrogen-bond acceptors (Lipinski definition) is 15. The second-order valence-corrected chi connectivity index (χ2v) is 22.8. The highest BCUT2D eigenvalue weighted by atomic mass is 31.3. The summed E-state index contributed by atoms with van der Waals surface area (Å²) in [6.07, 6.45) is 4.20. The maximum Gasteiger partial charge on any atom is 0.460 e. The summed E-state index contributed by atoms with van der Waals surface area (Å²) in [5, 5.41) is 0. The van der Waals surface area contributed by atoms with E-state index in [9.17, 15) is 0 Å². The van der Waals surface area contributed by atoms with Gasteiger partial charge in [0.15, 0.2) is 0 Å². The van der Waals surface area contributed by atoms with E-state index in [2.05, 4.69) is 0 Å². The summed E-state index contributed by atoms with van der Waals surface area (Å²) in [6.45, 7) is 3.32. The molecule has 0 saturated carbocycles. The van der Waals surface area contributed by atoms with Gasteiger partial charge in [0.1, 0.15) is 34.5 Å². The highest BCUT2D eigenvalue weighted by molar-refractivity contribution is 7.79. The predicted molar refractivity (Wildman–Crippen MR) is 284 cm³/mol. The summed E-state index contributed by atoms with van der Waals surface area (Å²) < 4.78 is 91.5. The zero-order valence-electron chi connectivity index (χ0n) is 41.9. The van der Waals surface area contributed by atoms with Gasteiger partial charge < -0.3 is 55.6 Å². The first-order chi connectivity index (χ1) is 35.2. The predicted octanol–water partition coefficient (Wildman–Crippen LogP) is 13.4. The van der Waals surface area contributed by atoms with Crippen LogP contribution in [-0.2, 0) is 66.9 Å². The molecule has 6 aromatic rings. The molecule has 0 spiro atoms. The molecule has 1 heterocycles. The van der Waals surface area contributed by atoms with Gasteiger partial charge in [-0.1, -0.05) is 86.3 Å². The second-order valence-electron chi connectivity index (χ2n) is 16.6. The summed E-state index contributed by atoms with van der Waals surface area (Å²) in [7, 11) is -2.38. The topological polar surface area (TPSA) is 148 Å². The van der Waals surface area contributed by atoms with E-state index < -0.39 is 23.0 Å². The standard InChI is InChI=1S/C54H66N3O12P3/c1-58-37-31-43-7-19-49(20-8-43)64-70(65-50-21-9-44(10-22-50)32-38-59-2)55-71(66-51-23-11-45(12-24-51)33-39-60-3,67-52-25-13-46(14-26-52)34-40-61-4)57-72(56-70,68-53-27-15-47(16-28-53)35-41-62-5)69-54-29-17-48(18-30-54)36-42-63-6/h7-30H,31-42H2,1-6H3. The smallest absolute Gasteiger partial charge is 0.413 e. The van der Waals surface area contributed by atoms with Crippen LogP contribution in [-0.4, -0.2) is 82.3 Å². The Hall–Kier alpha value is -5.43. The van der Waals surface area contributed by atoms with E-state index in [1.54, 1.807) is 42.7 Å². The molecule has 0 atom stereocenters. The Morgan fingerprint density at radius 1 is 0.236 bits per heavy atom. The first kappa shape index (κ1) is 54.3. The van der Waals surface area contributed by atoms with Crippen molar-refractivity contribution in [2.24, 2.45) is 13.5 Å². The fourth-order valence-corrected chi connectivity index (χ4v) is 16.3. The molecule has 6 aromatic carbocycles. The lowest BCUT2D eigenvalue weighted by Crippen LogP contribution is -2.11. The molecule has 0 amide bonds. The van der Waals surface area contributed by atoms with Crippen LogP contribution in [0.25, 0.3) is 0 Å². The van der Waals surface area contributed by atoms with Gasteiger partial charge in [-0.3, -0.25) is 0 Å². The molecule has 72 heavy (non-hydrogen) atoms. The molecule has 0 unspecified atom stereocenters. The highest BCUT2D eigenvalue weighted by Gasteiger charge is 2.49. The monoisotopic (exact) mass is 1040 g/mol. The van der Waals surface area contributed by atoms with Gasteiger partial charge in [0.25, 0.3) is 0 Å². The maximum atomic E-state index is 7.14. The third kappa shape index (κ3) is 16.3. The summed E-state index contributed by atoms with van der Waals surface area (Å²) in [4.78, 5) is 0. The van der Waals surface area contributed by atoms with Gasteiger partial charge in [0.2, 0.25) is 0 Å². The van der Waals surface area contributed by atoms with E-state index in [0.29, 0.717) is 113 Å². The van der Waals surface area contributed by atoms with Gasteiger partial charge in [0, 0.05) is 42.7 Å². The third-order valence-corrected chi connectivity index (χ3v) is 19.3. The minimum Gasteiger partial charge on any atom is -0.413 e. The molecule has 1 aliphatic heterocycles. The molecular weight excluding hydrogens is 976 g/mol. The first-order valence-electron chi connectivity index (χ1n) is 23.8. The molecule has 15 nitrogen and oxygen atoms in total. The Kier molecular flexibility index (Phi) is 20.8. The van der Waals surface area contributed by atoms with Crippen LogP contribution in [0.1, 0.15) is 33.4 Å². The van der Waals surface area contributed by atoms with Crippen LogP contribution in [0.3, 0.4) is 0 Å². The van der Waals surface area contributed by atoms with E-state index in [0.717, 1.165) is 33.4 Å². The van der Waals surface area contributed by atoms with Gasteiger partial charge >= 0.3 is 23.0 Å². The molecule has 0 aromatic heterocycles. The number of nitrogens with zero attached hydrogens (tertiary/aromatic N) is 3. The number of rotatable bonds is 30. The average Bonchev–Trinajstić information content (AvgIpc) is 3.39. The van der Waals surface area contributed by atoms with Crippen LogP contribution in [0.5, 0.6) is 34.5 Å². The van der Waals surface area contributed by atoms with Gasteiger partial charge in [-0.05, 0) is 145 Å². The Morgan fingerprint density at radius 2 is 0.375 bits per heavy atom. The van der Waals surface area contributed by atoms with Crippen molar-refractivity contribution in [2.75, 3.05) is 82.3 Å². The molecule has 384 valence electrons. The minimum absolute atomic E-state index is 0.418. The Bertz CT molecular complexity index is 2250. The Morgan fingerprint density at radius 3 is 0.500 bits per heavy atom. The van der Waals surface area contributed by atoms with Crippen LogP contribution < -0.4 is 27.1 Å². The van der Waals surface area contributed by atoms with Crippen molar-refractivity contribution >= 4 is 23.0 Å². The molecule has 1 aliphatic rings. The molecule has 0 radical (unpaired) electrons. The highest BCUT2D eigenvalue weighted by Crippen LogP contribution is 2.78. The molecule has 7 rings (SSSR count). The third-order valence-electron chi connectivity index (χ3n) is 11.1. The lowest BCUT2D eigenvalue weighted by Gasteiger charge is -2.33. The number of hydrogen-bond donors (Lipinski definition) is 0. The Labute approximate surface area is 424 Å². The van der Waals surface area contributed by atoms with Crippen LogP contribution in [0.4, 0.5) is 0 Å². The van der Waals surface area contributed by atoms with E-state index in [-0.39, 0.29) is 0 Å². The zero-order chi connectivity index (χ0) is 50.5. The van der Waals surface area contributed by atoms with Crippen molar-refractivity contribution in [1.29, 1.82) is 0 Å². The molecule has 0 fully saturated rings. The molecule has 0 saturated heterocycles. The molecule has 18 heteroatoms. The fraction of sp³-hybridized carbons (Fsp3) is 0.333. The van der Waals surface area contributed by atoms with E-state index in [4.69, 9.17) is 69.1 Å². The van der Waals surface area contributed by atoms with Gasteiger partial charge in [-0.15, -0.1) is 0 Å². The quantitative estimate of drug-likeness (QED) is 0.0395. The number of ether oxygens (including phenoxy) is 6. The zero-order valence-corrected chi connectivity index (χ0v) is 44.6. The van der Waals surface area contributed by atoms with Crippen LogP contribution >= 0.6 is 23.0 Å². The van der Waals surface area contributed by atoms with Crippen molar-refractivity contribution < 1.29 is 55.6 Å².